The van der Waals surface area contributed by atoms with E-state index in [0.29, 0.717) is 11.3 Å². The Morgan fingerprint density at radius 3 is 2.45 bits per heavy atom. The van der Waals surface area contributed by atoms with Crippen LogP contribution in [0.1, 0.15) is 29.2 Å². The van der Waals surface area contributed by atoms with Crippen molar-refractivity contribution < 1.29 is 24.9 Å². The van der Waals surface area contributed by atoms with E-state index in [2.05, 4.69) is 20.9 Å². The average Bonchev–Trinajstić information content (AvgIpc) is 3.13. The topological polar surface area (TPSA) is 99.9 Å². The molecule has 0 radical (unpaired) electrons. The third-order valence-electron chi connectivity index (χ3n) is 6.51. The number of hydrogen-bond acceptors (Lipinski definition) is 5. The molecule has 1 fully saturated rings. The van der Waals surface area contributed by atoms with Gasteiger partial charge in [-0.05, 0) is 35.4 Å². The molecule has 7 heteroatoms. The number of aliphatic hydroxyl groups excluding tert-OH is 1. The van der Waals surface area contributed by atoms with Gasteiger partial charge < -0.3 is 20.1 Å². The number of fused-ring (bicyclic) bond motifs is 3. The minimum atomic E-state index is -1.93. The number of aliphatic hydroxyl groups is 2. The summed E-state index contributed by atoms with van der Waals surface area (Å²) >= 11 is 3.44. The number of hydrogen-bond donors (Lipinski definition) is 3. The second-order valence-electron chi connectivity index (χ2n) is 8.06. The summed E-state index contributed by atoms with van der Waals surface area (Å²) in [5.74, 6) is -2.12. The number of carboxylic acids is 1. The number of rotatable bonds is 4. The van der Waals surface area contributed by atoms with Crippen molar-refractivity contribution in [1.29, 1.82) is 0 Å². The monoisotopic (exact) mass is 481 g/mol. The van der Waals surface area contributed by atoms with Crippen molar-refractivity contribution in [3.05, 3.63) is 94.2 Å². The van der Waals surface area contributed by atoms with Crippen molar-refractivity contribution in [2.75, 3.05) is 0 Å². The maximum absolute atomic E-state index is 12.2. The first-order chi connectivity index (χ1) is 14.9. The van der Waals surface area contributed by atoms with E-state index in [1.807, 2.05) is 54.6 Å². The van der Waals surface area contributed by atoms with Crippen molar-refractivity contribution in [3.63, 3.8) is 0 Å². The zero-order valence-electron chi connectivity index (χ0n) is 16.4. The zero-order valence-corrected chi connectivity index (χ0v) is 17.9. The molecule has 31 heavy (non-hydrogen) atoms. The van der Waals surface area contributed by atoms with Gasteiger partial charge in [0.05, 0.1) is 12.5 Å². The Morgan fingerprint density at radius 1 is 1.06 bits per heavy atom. The summed E-state index contributed by atoms with van der Waals surface area (Å²) in [7, 11) is 0. The fourth-order valence-corrected chi connectivity index (χ4v) is 5.63. The Bertz CT molecular complexity index is 1140. The molecule has 2 aromatic carbocycles. The third kappa shape index (κ3) is 2.70. The lowest BCUT2D eigenvalue weighted by Crippen LogP contribution is -2.52. The molecular formula is C24H20BrNO5. The van der Waals surface area contributed by atoms with Crippen LogP contribution in [0.4, 0.5) is 0 Å². The molecule has 1 aromatic heterocycles. The summed E-state index contributed by atoms with van der Waals surface area (Å²) in [5.41, 5.74) is -1.75. The number of pyridine rings is 1. The molecule has 0 bridgehead atoms. The molecule has 2 aliphatic rings. The maximum atomic E-state index is 12.2. The smallest absolute Gasteiger partial charge is 0.303 e. The van der Waals surface area contributed by atoms with Gasteiger partial charge in [-0.15, -0.1) is 0 Å². The van der Waals surface area contributed by atoms with E-state index in [-0.39, 0.29) is 12.1 Å². The van der Waals surface area contributed by atoms with Crippen LogP contribution < -0.4 is 4.74 Å². The number of carboxylic acid groups (broad SMARTS) is 1. The molecule has 0 amide bonds. The molecule has 3 N–H and O–H groups in total. The van der Waals surface area contributed by atoms with Gasteiger partial charge in [-0.1, -0.05) is 58.4 Å². The summed E-state index contributed by atoms with van der Waals surface area (Å²) in [5, 5.41) is 33.3. The summed E-state index contributed by atoms with van der Waals surface area (Å²) in [6.07, 6.45) is -0.201. The molecule has 1 saturated carbocycles. The number of nitrogens with zero attached hydrogens (tertiary/aromatic N) is 1. The van der Waals surface area contributed by atoms with Crippen molar-refractivity contribution in [2.45, 2.75) is 29.6 Å². The number of ether oxygens (including phenoxy) is 1. The molecule has 5 rings (SSSR count). The second kappa shape index (κ2) is 7.15. The quantitative estimate of drug-likeness (QED) is 0.526. The average molecular weight is 482 g/mol. The van der Waals surface area contributed by atoms with E-state index in [1.54, 1.807) is 12.1 Å². The summed E-state index contributed by atoms with van der Waals surface area (Å²) < 4.78 is 7.36. The van der Waals surface area contributed by atoms with Crippen molar-refractivity contribution in [1.82, 2.24) is 4.98 Å². The lowest BCUT2D eigenvalue weighted by Gasteiger charge is -2.40. The van der Waals surface area contributed by atoms with Gasteiger partial charge in [0.2, 0.25) is 0 Å². The highest BCUT2D eigenvalue weighted by Gasteiger charge is 2.76. The van der Waals surface area contributed by atoms with Crippen LogP contribution in [0, 0.1) is 5.92 Å². The Hall–Kier alpha value is -2.74. The molecule has 5 atom stereocenters. The predicted octanol–water partition coefficient (Wildman–Crippen LogP) is 3.57. The Labute approximate surface area is 187 Å². The van der Waals surface area contributed by atoms with Crippen LogP contribution in [0.15, 0.2) is 77.4 Å². The van der Waals surface area contributed by atoms with Crippen molar-refractivity contribution in [3.8, 4) is 5.75 Å². The molecule has 0 unspecified atom stereocenters. The molecular weight excluding hydrogens is 462 g/mol. The van der Waals surface area contributed by atoms with E-state index in [1.165, 1.54) is 6.20 Å². The largest absolute Gasteiger partial charge is 0.481 e. The fraction of sp³-hybridized carbons (Fsp3) is 0.250. The molecule has 2 heterocycles. The fourth-order valence-electron chi connectivity index (χ4n) is 5.37. The van der Waals surface area contributed by atoms with Crippen LogP contribution in [0.25, 0.3) is 0 Å². The Balaban J connectivity index is 1.84. The van der Waals surface area contributed by atoms with Gasteiger partial charge in [-0.2, -0.15) is 0 Å². The first kappa shape index (κ1) is 20.2. The van der Waals surface area contributed by atoms with Crippen LogP contribution in [0.2, 0.25) is 0 Å². The minimum absolute atomic E-state index is 0.222. The SMILES string of the molecule is O=C(O)C[C@H]1[C@@H](O)[C@@]2(O)c3ncccc3O[C@@]2(c2ccc(Br)cc2)[C@@H]1c1ccccc1. The van der Waals surface area contributed by atoms with Gasteiger partial charge in [0, 0.05) is 22.5 Å². The van der Waals surface area contributed by atoms with Gasteiger partial charge in [0.1, 0.15) is 11.4 Å². The van der Waals surface area contributed by atoms with Gasteiger partial charge in [0.15, 0.2) is 11.2 Å². The van der Waals surface area contributed by atoms with E-state index in [9.17, 15) is 20.1 Å². The molecule has 3 aromatic rings. The highest BCUT2D eigenvalue weighted by atomic mass is 79.9. The van der Waals surface area contributed by atoms with Gasteiger partial charge >= 0.3 is 5.97 Å². The Kier molecular flexibility index (Phi) is 4.66. The van der Waals surface area contributed by atoms with E-state index in [0.717, 1.165) is 10.0 Å². The predicted molar refractivity (Wildman–Crippen MR) is 116 cm³/mol. The standard InChI is InChI=1S/C24H20BrNO5/c25-16-10-8-15(9-11-16)24-20(14-5-2-1-3-6-14)17(13-19(27)28)22(29)23(24,30)21-18(31-24)7-4-12-26-21/h1-12,17,20,22,29-30H,13H2,(H,27,28)/t17-,20-,22-,23+,24+/m1/s1. The van der Waals surface area contributed by atoms with Crippen LogP contribution in [0.5, 0.6) is 5.75 Å². The molecule has 0 saturated heterocycles. The lowest BCUT2D eigenvalue weighted by molar-refractivity contribution is -0.155. The number of halogens is 1. The molecule has 1 aliphatic heterocycles. The van der Waals surface area contributed by atoms with E-state index >= 15 is 0 Å². The molecule has 0 spiro atoms. The van der Waals surface area contributed by atoms with Gasteiger partial charge in [-0.3, -0.25) is 9.78 Å². The number of aromatic nitrogens is 1. The zero-order chi connectivity index (χ0) is 21.8. The van der Waals surface area contributed by atoms with Gasteiger partial charge in [0.25, 0.3) is 0 Å². The van der Waals surface area contributed by atoms with E-state index in [4.69, 9.17) is 4.74 Å². The highest BCUT2D eigenvalue weighted by molar-refractivity contribution is 9.10. The second-order valence-corrected chi connectivity index (χ2v) is 8.97. The molecule has 1 aliphatic carbocycles. The first-order valence-corrected chi connectivity index (χ1v) is 10.8. The number of benzene rings is 2. The minimum Gasteiger partial charge on any atom is -0.481 e. The Morgan fingerprint density at radius 2 is 1.77 bits per heavy atom. The lowest BCUT2D eigenvalue weighted by atomic mass is 9.71. The van der Waals surface area contributed by atoms with Crippen LogP contribution in [-0.4, -0.2) is 32.4 Å². The molecule has 6 nitrogen and oxygen atoms in total. The summed E-state index contributed by atoms with van der Waals surface area (Å²) in [6.45, 7) is 0. The van der Waals surface area contributed by atoms with Gasteiger partial charge in [-0.25, -0.2) is 0 Å². The number of aliphatic carboxylic acids is 1. The number of carbonyl (C=O) groups is 1. The maximum Gasteiger partial charge on any atom is 0.303 e. The normalized spacial score (nSPS) is 31.0. The van der Waals surface area contributed by atoms with Crippen LogP contribution in [0.3, 0.4) is 0 Å². The molecule has 158 valence electrons. The van der Waals surface area contributed by atoms with E-state index < -0.39 is 35.1 Å². The van der Waals surface area contributed by atoms with Crippen molar-refractivity contribution in [2.24, 2.45) is 5.92 Å². The first-order valence-electron chi connectivity index (χ1n) is 9.97. The third-order valence-corrected chi connectivity index (χ3v) is 7.04. The highest BCUT2D eigenvalue weighted by Crippen LogP contribution is 2.68. The van der Waals surface area contributed by atoms with Crippen LogP contribution in [-0.2, 0) is 16.0 Å². The summed E-state index contributed by atoms with van der Waals surface area (Å²) in [4.78, 5) is 16.1. The van der Waals surface area contributed by atoms with Crippen molar-refractivity contribution >= 4 is 21.9 Å². The summed E-state index contributed by atoms with van der Waals surface area (Å²) in [6, 6.07) is 20.1. The van der Waals surface area contributed by atoms with Crippen LogP contribution >= 0.6 is 15.9 Å².